The number of hydrogen-bond acceptors (Lipinski definition) is 4. The fourth-order valence-electron chi connectivity index (χ4n) is 2.45. The number of aliphatic hydroxyl groups is 1. The molecule has 2 aromatic carbocycles. The molecule has 0 radical (unpaired) electrons. The lowest BCUT2D eigenvalue weighted by Crippen LogP contribution is -2.25. The van der Waals surface area contributed by atoms with Crippen molar-refractivity contribution in [3.8, 4) is 0 Å². The van der Waals surface area contributed by atoms with Crippen LogP contribution in [0, 0.1) is 6.92 Å². The van der Waals surface area contributed by atoms with Crippen molar-refractivity contribution in [1.82, 2.24) is 9.62 Å². The van der Waals surface area contributed by atoms with Crippen molar-refractivity contribution in [2.75, 3.05) is 20.6 Å². The molecule has 5 nitrogen and oxygen atoms in total. The molecule has 0 spiro atoms. The van der Waals surface area contributed by atoms with Crippen molar-refractivity contribution < 1.29 is 13.5 Å². The van der Waals surface area contributed by atoms with Crippen molar-refractivity contribution in [1.29, 1.82) is 0 Å². The fraction of sp³-hybridized carbons (Fsp3) is 0.368. The van der Waals surface area contributed by atoms with Gasteiger partial charge in [0.1, 0.15) is 0 Å². The SMILES string of the molecule is Cc1ccc([C@H](O)CN[C@H](C)c2ccc(S(=O)(=O)N(C)C)cc2)cc1. The quantitative estimate of drug-likeness (QED) is 0.794. The molecule has 0 aromatic heterocycles. The lowest BCUT2D eigenvalue weighted by Gasteiger charge is -2.18. The summed E-state index contributed by atoms with van der Waals surface area (Å²) in [4.78, 5) is 0.271. The van der Waals surface area contributed by atoms with E-state index in [2.05, 4.69) is 5.32 Å². The Morgan fingerprint density at radius 2 is 1.52 bits per heavy atom. The molecule has 0 aliphatic rings. The Labute approximate surface area is 150 Å². The molecule has 2 aromatic rings. The third-order valence-electron chi connectivity index (χ3n) is 4.24. The van der Waals surface area contributed by atoms with Gasteiger partial charge in [-0.05, 0) is 37.1 Å². The van der Waals surface area contributed by atoms with Crippen molar-refractivity contribution >= 4 is 10.0 Å². The summed E-state index contributed by atoms with van der Waals surface area (Å²) in [6.45, 7) is 4.41. The number of hydrogen-bond donors (Lipinski definition) is 2. The lowest BCUT2D eigenvalue weighted by molar-refractivity contribution is 0.171. The maximum absolute atomic E-state index is 12.1. The van der Waals surface area contributed by atoms with Crippen LogP contribution in [0.1, 0.15) is 35.8 Å². The summed E-state index contributed by atoms with van der Waals surface area (Å²) in [5.41, 5.74) is 3.00. The first-order valence-electron chi connectivity index (χ1n) is 8.22. The minimum Gasteiger partial charge on any atom is -0.387 e. The van der Waals surface area contributed by atoms with Crippen LogP contribution in [-0.2, 0) is 10.0 Å². The molecule has 0 saturated carbocycles. The van der Waals surface area contributed by atoms with E-state index in [0.717, 1.165) is 16.7 Å². The van der Waals surface area contributed by atoms with Crippen molar-refractivity contribution in [2.24, 2.45) is 0 Å². The number of aliphatic hydroxyl groups excluding tert-OH is 1. The van der Waals surface area contributed by atoms with Crippen LogP contribution < -0.4 is 5.32 Å². The van der Waals surface area contributed by atoms with Crippen molar-refractivity contribution in [2.45, 2.75) is 30.9 Å². The molecule has 2 atom stereocenters. The summed E-state index contributed by atoms with van der Waals surface area (Å²) in [7, 11) is -0.384. The van der Waals surface area contributed by atoms with E-state index in [1.165, 1.54) is 18.4 Å². The van der Waals surface area contributed by atoms with E-state index in [4.69, 9.17) is 0 Å². The summed E-state index contributed by atoms with van der Waals surface area (Å²) in [6.07, 6.45) is -0.587. The molecule has 0 unspecified atom stereocenters. The van der Waals surface area contributed by atoms with Gasteiger partial charge in [-0.2, -0.15) is 0 Å². The predicted molar refractivity (Wildman–Crippen MR) is 99.9 cm³/mol. The molecule has 2 rings (SSSR count). The largest absolute Gasteiger partial charge is 0.387 e. The zero-order valence-corrected chi connectivity index (χ0v) is 15.9. The predicted octanol–water partition coefficient (Wildman–Crippen LogP) is 2.63. The fourth-order valence-corrected chi connectivity index (χ4v) is 3.35. The lowest BCUT2D eigenvalue weighted by atomic mass is 10.1. The second-order valence-electron chi connectivity index (χ2n) is 6.41. The number of aryl methyl sites for hydroxylation is 1. The Balaban J connectivity index is 1.99. The molecule has 0 bridgehead atoms. The summed E-state index contributed by atoms with van der Waals surface area (Å²) in [5, 5.41) is 13.6. The highest BCUT2D eigenvalue weighted by atomic mass is 32.2. The zero-order chi connectivity index (χ0) is 18.6. The van der Waals surface area contributed by atoms with Gasteiger partial charge in [0.25, 0.3) is 0 Å². The van der Waals surface area contributed by atoms with Gasteiger partial charge in [-0.3, -0.25) is 0 Å². The highest BCUT2D eigenvalue weighted by Crippen LogP contribution is 2.19. The van der Waals surface area contributed by atoms with Gasteiger partial charge in [0, 0.05) is 26.7 Å². The molecule has 2 N–H and O–H groups in total. The second kappa shape index (κ2) is 8.10. The average Bonchev–Trinajstić information content (AvgIpc) is 2.60. The molecular formula is C19H26N2O3S. The van der Waals surface area contributed by atoms with Crippen LogP contribution in [0.25, 0.3) is 0 Å². The molecule has 136 valence electrons. The third-order valence-corrected chi connectivity index (χ3v) is 6.07. The molecule has 0 saturated heterocycles. The maximum Gasteiger partial charge on any atom is 0.242 e. The first kappa shape index (κ1) is 19.6. The highest BCUT2D eigenvalue weighted by molar-refractivity contribution is 7.89. The average molecular weight is 362 g/mol. The molecule has 0 amide bonds. The van der Waals surface area contributed by atoms with Crippen LogP contribution in [-0.4, -0.2) is 38.5 Å². The number of rotatable bonds is 7. The Hall–Kier alpha value is -1.73. The monoisotopic (exact) mass is 362 g/mol. The number of benzene rings is 2. The number of nitrogens with one attached hydrogen (secondary N) is 1. The highest BCUT2D eigenvalue weighted by Gasteiger charge is 2.17. The normalized spacial score (nSPS) is 14.5. The third kappa shape index (κ3) is 4.89. The minimum atomic E-state index is -3.41. The molecule has 0 heterocycles. The van der Waals surface area contributed by atoms with E-state index in [-0.39, 0.29) is 10.9 Å². The zero-order valence-electron chi connectivity index (χ0n) is 15.1. The van der Waals surface area contributed by atoms with Crippen molar-refractivity contribution in [3.05, 3.63) is 65.2 Å². The van der Waals surface area contributed by atoms with E-state index in [1.54, 1.807) is 24.3 Å². The minimum absolute atomic E-state index is 0.00351. The summed E-state index contributed by atoms with van der Waals surface area (Å²) in [6, 6.07) is 14.6. The van der Waals surface area contributed by atoms with Crippen LogP contribution in [0.2, 0.25) is 0 Å². The Morgan fingerprint density at radius 3 is 2.04 bits per heavy atom. The molecule has 0 aliphatic carbocycles. The number of sulfonamides is 1. The van der Waals surface area contributed by atoms with Crippen LogP contribution >= 0.6 is 0 Å². The van der Waals surface area contributed by atoms with Crippen molar-refractivity contribution in [3.63, 3.8) is 0 Å². The summed E-state index contributed by atoms with van der Waals surface area (Å²) < 4.78 is 25.4. The Bertz CT molecular complexity index is 784. The van der Waals surface area contributed by atoms with Gasteiger partial charge in [0.05, 0.1) is 11.0 Å². The summed E-state index contributed by atoms with van der Waals surface area (Å²) in [5.74, 6) is 0. The van der Waals surface area contributed by atoms with Crippen LogP contribution in [0.4, 0.5) is 0 Å². The molecule has 0 fully saturated rings. The topological polar surface area (TPSA) is 69.6 Å². The molecular weight excluding hydrogens is 336 g/mol. The number of nitrogens with zero attached hydrogens (tertiary/aromatic N) is 1. The van der Waals surface area contributed by atoms with Gasteiger partial charge < -0.3 is 10.4 Å². The van der Waals surface area contributed by atoms with E-state index < -0.39 is 16.1 Å². The van der Waals surface area contributed by atoms with Crippen LogP contribution in [0.5, 0.6) is 0 Å². The maximum atomic E-state index is 12.1. The van der Waals surface area contributed by atoms with E-state index >= 15 is 0 Å². The van der Waals surface area contributed by atoms with Gasteiger partial charge in [0.15, 0.2) is 0 Å². The van der Waals surface area contributed by atoms with E-state index in [9.17, 15) is 13.5 Å². The van der Waals surface area contributed by atoms with Gasteiger partial charge in [-0.15, -0.1) is 0 Å². The van der Waals surface area contributed by atoms with Crippen LogP contribution in [0.3, 0.4) is 0 Å². The smallest absolute Gasteiger partial charge is 0.242 e. The van der Waals surface area contributed by atoms with E-state index in [0.29, 0.717) is 6.54 Å². The second-order valence-corrected chi connectivity index (χ2v) is 8.56. The molecule has 25 heavy (non-hydrogen) atoms. The van der Waals surface area contributed by atoms with Gasteiger partial charge in [0.2, 0.25) is 10.0 Å². The Kier molecular flexibility index (Phi) is 6.35. The van der Waals surface area contributed by atoms with Crippen LogP contribution in [0.15, 0.2) is 53.4 Å². The first-order chi connectivity index (χ1) is 11.7. The summed E-state index contributed by atoms with van der Waals surface area (Å²) >= 11 is 0. The molecule has 0 aliphatic heterocycles. The molecule has 6 heteroatoms. The Morgan fingerprint density at radius 1 is 1.00 bits per heavy atom. The van der Waals surface area contributed by atoms with Gasteiger partial charge in [-0.1, -0.05) is 42.0 Å². The van der Waals surface area contributed by atoms with Gasteiger partial charge >= 0.3 is 0 Å². The standard InChI is InChI=1S/C19H26N2O3S/c1-14-5-7-17(8-6-14)19(22)13-20-15(2)16-9-11-18(12-10-16)25(23,24)21(3)4/h5-12,15,19-20,22H,13H2,1-4H3/t15-,19-/m1/s1. The van der Waals surface area contributed by atoms with Gasteiger partial charge in [-0.25, -0.2) is 12.7 Å². The van der Waals surface area contributed by atoms with E-state index in [1.807, 2.05) is 38.1 Å². The first-order valence-corrected chi connectivity index (χ1v) is 9.66.